The van der Waals surface area contributed by atoms with E-state index in [-0.39, 0.29) is 24.0 Å². The maximum atomic E-state index is 5.80. The van der Waals surface area contributed by atoms with Gasteiger partial charge >= 0.3 is 0 Å². The van der Waals surface area contributed by atoms with E-state index in [4.69, 9.17) is 5.73 Å². The minimum absolute atomic E-state index is 0. The number of thiophene rings is 1. The molecule has 3 N–H and O–H groups in total. The van der Waals surface area contributed by atoms with Gasteiger partial charge in [0.1, 0.15) is 0 Å². The van der Waals surface area contributed by atoms with E-state index in [1.807, 2.05) is 0 Å². The maximum absolute atomic E-state index is 5.80. The highest BCUT2D eigenvalue weighted by molar-refractivity contribution is 14.0. The molecule has 0 amide bonds. The first kappa shape index (κ1) is 15.8. The van der Waals surface area contributed by atoms with Crippen LogP contribution in [0.4, 0.5) is 0 Å². The van der Waals surface area contributed by atoms with Gasteiger partial charge in [0.15, 0.2) is 5.96 Å². The number of hydrogen-bond donors (Lipinski definition) is 2. The third-order valence-corrected chi connectivity index (χ3v) is 4.24. The Labute approximate surface area is 130 Å². The fraction of sp³-hybridized carbons (Fsp3) is 0.615. The predicted octanol–water partition coefficient (Wildman–Crippen LogP) is 3.00. The molecule has 0 bridgehead atoms. The summed E-state index contributed by atoms with van der Waals surface area (Å²) < 4.78 is 0. The molecule has 1 aromatic heterocycles. The molecule has 3 nitrogen and oxygen atoms in total. The molecule has 0 radical (unpaired) electrons. The summed E-state index contributed by atoms with van der Waals surface area (Å²) in [5.41, 5.74) is 5.80. The molecule has 0 saturated heterocycles. The largest absolute Gasteiger partial charge is 0.370 e. The van der Waals surface area contributed by atoms with Crippen LogP contribution < -0.4 is 11.1 Å². The summed E-state index contributed by atoms with van der Waals surface area (Å²) in [7, 11) is 0. The third kappa shape index (κ3) is 5.56. The van der Waals surface area contributed by atoms with Crippen LogP contribution in [0.25, 0.3) is 0 Å². The van der Waals surface area contributed by atoms with Crippen molar-refractivity contribution >= 4 is 41.3 Å². The van der Waals surface area contributed by atoms with Crippen molar-refractivity contribution in [3.8, 4) is 0 Å². The fourth-order valence-corrected chi connectivity index (χ4v) is 2.68. The van der Waals surface area contributed by atoms with Crippen molar-refractivity contribution in [1.82, 2.24) is 5.32 Å². The van der Waals surface area contributed by atoms with Crippen LogP contribution in [-0.4, -0.2) is 19.0 Å². The van der Waals surface area contributed by atoms with Crippen LogP contribution in [-0.2, 0) is 6.42 Å². The number of nitrogens with two attached hydrogens (primary N) is 1. The van der Waals surface area contributed by atoms with Gasteiger partial charge in [-0.05, 0) is 30.2 Å². The lowest BCUT2D eigenvalue weighted by molar-refractivity contribution is 0.300. The van der Waals surface area contributed by atoms with Crippen molar-refractivity contribution in [2.75, 3.05) is 13.1 Å². The molecule has 0 spiro atoms. The lowest BCUT2D eigenvalue weighted by atomic mass is 9.83. The van der Waals surface area contributed by atoms with Crippen LogP contribution in [0.1, 0.15) is 30.6 Å². The van der Waals surface area contributed by atoms with Gasteiger partial charge in [0.05, 0.1) is 0 Å². The van der Waals surface area contributed by atoms with Crippen molar-refractivity contribution < 1.29 is 0 Å². The van der Waals surface area contributed by atoms with Gasteiger partial charge in [0.25, 0.3) is 0 Å². The van der Waals surface area contributed by atoms with Gasteiger partial charge in [0, 0.05) is 18.0 Å². The molecule has 18 heavy (non-hydrogen) atoms. The molecule has 1 aliphatic rings. The average molecular weight is 379 g/mol. The Morgan fingerprint density at radius 3 is 2.94 bits per heavy atom. The fourth-order valence-electron chi connectivity index (χ4n) is 1.97. The summed E-state index contributed by atoms with van der Waals surface area (Å²) in [6.07, 6.45) is 6.41. The van der Waals surface area contributed by atoms with Crippen molar-refractivity contribution in [1.29, 1.82) is 0 Å². The molecule has 1 aromatic rings. The Bertz CT molecular complexity index is 347. The second kappa shape index (κ2) is 8.74. The zero-order valence-corrected chi connectivity index (χ0v) is 13.7. The minimum atomic E-state index is 0. The Hall–Kier alpha value is -0.300. The van der Waals surface area contributed by atoms with Gasteiger partial charge in [0.2, 0.25) is 0 Å². The van der Waals surface area contributed by atoms with Gasteiger partial charge in [-0.25, -0.2) is 0 Å². The smallest absolute Gasteiger partial charge is 0.188 e. The Kier molecular flexibility index (Phi) is 7.65. The molecule has 102 valence electrons. The topological polar surface area (TPSA) is 50.4 Å². The van der Waals surface area contributed by atoms with E-state index in [9.17, 15) is 0 Å². The summed E-state index contributed by atoms with van der Waals surface area (Å²) in [6.45, 7) is 1.75. The molecular weight excluding hydrogens is 357 g/mol. The molecule has 0 unspecified atom stereocenters. The van der Waals surface area contributed by atoms with E-state index in [0.29, 0.717) is 5.96 Å². The number of hydrogen-bond acceptors (Lipinski definition) is 2. The zero-order chi connectivity index (χ0) is 11.9. The van der Waals surface area contributed by atoms with Crippen molar-refractivity contribution in [2.45, 2.75) is 32.1 Å². The first-order valence-corrected chi connectivity index (χ1v) is 7.29. The zero-order valence-electron chi connectivity index (χ0n) is 10.6. The van der Waals surface area contributed by atoms with E-state index < -0.39 is 0 Å². The SMILES string of the molecule is I.NC(=NCCC1CCC1)NCCc1cccs1. The van der Waals surface area contributed by atoms with Crippen LogP contribution >= 0.6 is 35.3 Å². The van der Waals surface area contributed by atoms with Gasteiger partial charge in [-0.1, -0.05) is 25.3 Å². The van der Waals surface area contributed by atoms with Gasteiger partial charge < -0.3 is 11.1 Å². The lowest BCUT2D eigenvalue weighted by Gasteiger charge is -2.24. The number of halogens is 1. The third-order valence-electron chi connectivity index (χ3n) is 3.30. The number of aliphatic imine (C=N–C) groups is 1. The normalized spacial score (nSPS) is 15.9. The molecule has 1 heterocycles. The van der Waals surface area contributed by atoms with Gasteiger partial charge in [-0.15, -0.1) is 35.3 Å². The van der Waals surface area contributed by atoms with E-state index in [1.165, 1.54) is 30.6 Å². The average Bonchev–Trinajstić information content (AvgIpc) is 2.75. The van der Waals surface area contributed by atoms with Crippen LogP contribution in [0.15, 0.2) is 22.5 Å². The number of nitrogens with zero attached hydrogens (tertiary/aromatic N) is 1. The quantitative estimate of drug-likeness (QED) is 0.454. The van der Waals surface area contributed by atoms with Gasteiger partial charge in [-0.2, -0.15) is 0 Å². The molecule has 5 heteroatoms. The van der Waals surface area contributed by atoms with E-state index in [2.05, 4.69) is 27.8 Å². The maximum Gasteiger partial charge on any atom is 0.188 e. The molecule has 0 aliphatic heterocycles. The highest BCUT2D eigenvalue weighted by Crippen LogP contribution is 2.28. The predicted molar refractivity (Wildman–Crippen MR) is 89.9 cm³/mol. The Morgan fingerprint density at radius 1 is 1.50 bits per heavy atom. The second-order valence-corrected chi connectivity index (χ2v) is 5.64. The molecule has 0 atom stereocenters. The second-order valence-electron chi connectivity index (χ2n) is 4.61. The highest BCUT2D eigenvalue weighted by atomic mass is 127. The number of rotatable bonds is 6. The molecule has 1 aliphatic carbocycles. The van der Waals surface area contributed by atoms with E-state index in [1.54, 1.807) is 11.3 Å². The van der Waals surface area contributed by atoms with Crippen LogP contribution in [0.5, 0.6) is 0 Å². The minimum Gasteiger partial charge on any atom is -0.370 e. The van der Waals surface area contributed by atoms with Crippen LogP contribution in [0.2, 0.25) is 0 Å². The van der Waals surface area contributed by atoms with Crippen molar-refractivity contribution in [2.24, 2.45) is 16.6 Å². The monoisotopic (exact) mass is 379 g/mol. The summed E-state index contributed by atoms with van der Waals surface area (Å²) in [5, 5.41) is 5.27. The lowest BCUT2D eigenvalue weighted by Crippen LogP contribution is -2.33. The standard InChI is InChI=1S/C13H21N3S.HI/c14-13(15-8-6-11-3-1-4-11)16-9-7-12-5-2-10-17-12;/h2,5,10-11H,1,3-4,6-9H2,(H3,14,15,16);1H. The first-order chi connectivity index (χ1) is 8.34. The summed E-state index contributed by atoms with van der Waals surface area (Å²) in [5.74, 6) is 1.51. The summed E-state index contributed by atoms with van der Waals surface area (Å²) in [4.78, 5) is 5.74. The molecular formula is C13H22IN3S. The highest BCUT2D eigenvalue weighted by Gasteiger charge is 2.16. The Morgan fingerprint density at radius 2 is 2.33 bits per heavy atom. The van der Waals surface area contributed by atoms with Gasteiger partial charge in [-0.3, -0.25) is 4.99 Å². The van der Waals surface area contributed by atoms with E-state index >= 15 is 0 Å². The number of nitrogens with one attached hydrogen (secondary N) is 1. The summed E-state index contributed by atoms with van der Waals surface area (Å²) in [6, 6.07) is 4.23. The van der Waals surface area contributed by atoms with Crippen LogP contribution in [0.3, 0.4) is 0 Å². The van der Waals surface area contributed by atoms with Crippen LogP contribution in [0, 0.1) is 5.92 Å². The summed E-state index contributed by atoms with van der Waals surface area (Å²) >= 11 is 1.79. The molecule has 1 saturated carbocycles. The Balaban J connectivity index is 0.00000162. The number of guanidine groups is 1. The molecule has 2 rings (SSSR count). The van der Waals surface area contributed by atoms with Crippen molar-refractivity contribution in [3.63, 3.8) is 0 Å². The first-order valence-electron chi connectivity index (χ1n) is 6.41. The molecule has 0 aromatic carbocycles. The molecule has 1 fully saturated rings. The van der Waals surface area contributed by atoms with Crippen molar-refractivity contribution in [3.05, 3.63) is 22.4 Å². The van der Waals surface area contributed by atoms with E-state index in [0.717, 1.165) is 25.4 Å².